The van der Waals surface area contributed by atoms with Crippen molar-refractivity contribution in [1.82, 2.24) is 10.3 Å². The number of nitrogens with zero attached hydrogens (tertiary/aromatic N) is 1. The molecule has 1 heterocycles. The number of urea groups is 1. The average molecular weight is 437 g/mol. The van der Waals surface area contributed by atoms with Gasteiger partial charge in [-0.25, -0.2) is 14.2 Å². The normalized spacial score (nSPS) is 11.3. The molecule has 9 nitrogen and oxygen atoms in total. The van der Waals surface area contributed by atoms with E-state index in [1.807, 2.05) is 0 Å². The summed E-state index contributed by atoms with van der Waals surface area (Å²) < 4.78 is 18.7. The summed E-state index contributed by atoms with van der Waals surface area (Å²) >= 11 is 0. The van der Waals surface area contributed by atoms with Crippen molar-refractivity contribution < 1.29 is 23.5 Å². The Hall–Kier alpha value is -4.47. The van der Waals surface area contributed by atoms with Crippen molar-refractivity contribution in [2.45, 2.75) is 12.5 Å². The van der Waals surface area contributed by atoms with Crippen molar-refractivity contribution in [3.05, 3.63) is 72.5 Å². The van der Waals surface area contributed by atoms with E-state index in [2.05, 4.69) is 15.6 Å². The fourth-order valence-electron chi connectivity index (χ4n) is 2.73. The molecule has 0 aliphatic heterocycles. The number of benzene rings is 2. The van der Waals surface area contributed by atoms with Gasteiger partial charge in [0.25, 0.3) is 0 Å². The second-order valence-electron chi connectivity index (χ2n) is 6.71. The number of aromatic nitrogens is 1. The molecular weight excluding hydrogens is 417 g/mol. The lowest BCUT2D eigenvalue weighted by atomic mass is 10.1. The fourth-order valence-corrected chi connectivity index (χ4v) is 2.73. The van der Waals surface area contributed by atoms with E-state index in [1.165, 1.54) is 24.3 Å². The highest BCUT2D eigenvalue weighted by Gasteiger charge is 2.20. The molecule has 0 spiro atoms. The zero-order valence-electron chi connectivity index (χ0n) is 16.7. The Morgan fingerprint density at radius 3 is 2.16 bits per heavy atom. The van der Waals surface area contributed by atoms with Crippen LogP contribution >= 0.6 is 0 Å². The van der Waals surface area contributed by atoms with Crippen LogP contribution in [0.15, 0.2) is 66.7 Å². The Balaban J connectivity index is 1.66. The van der Waals surface area contributed by atoms with Crippen LogP contribution < -0.4 is 26.8 Å². The molecule has 6 N–H and O–H groups in total. The summed E-state index contributed by atoms with van der Waals surface area (Å²) in [6, 6.07) is 15.7. The van der Waals surface area contributed by atoms with E-state index in [-0.39, 0.29) is 11.6 Å². The first-order valence-electron chi connectivity index (χ1n) is 9.46. The molecule has 0 fully saturated rings. The number of carbonyl (C=O) groups is 3. The Morgan fingerprint density at radius 2 is 1.56 bits per heavy atom. The maximum atomic E-state index is 13.0. The van der Waals surface area contributed by atoms with Gasteiger partial charge in [0.15, 0.2) is 0 Å². The number of amides is 4. The molecule has 0 radical (unpaired) electrons. The van der Waals surface area contributed by atoms with Crippen molar-refractivity contribution in [3.63, 3.8) is 0 Å². The molecule has 0 aliphatic carbocycles. The molecule has 32 heavy (non-hydrogen) atoms. The number of carbonyl (C=O) groups excluding carboxylic acids is 3. The van der Waals surface area contributed by atoms with E-state index >= 15 is 0 Å². The predicted molar refractivity (Wildman–Crippen MR) is 115 cm³/mol. The van der Waals surface area contributed by atoms with E-state index in [1.54, 1.807) is 42.5 Å². The number of ether oxygens (including phenoxy) is 1. The lowest BCUT2D eigenvalue weighted by Gasteiger charge is -2.14. The number of nitrogens with one attached hydrogen (secondary N) is 2. The zero-order chi connectivity index (χ0) is 23.1. The topological polar surface area (TPSA) is 149 Å². The SMILES string of the molecule is NC(=O)C[C@H](NC(=O)Nc1cccc(-c2ccc(Oc3ccc(F)cc3)cc2)n1)C(N)=O. The molecule has 0 aliphatic rings. The van der Waals surface area contributed by atoms with Gasteiger partial charge in [-0.05, 0) is 60.7 Å². The number of primary amides is 2. The van der Waals surface area contributed by atoms with Crippen LogP contribution in [0.1, 0.15) is 6.42 Å². The summed E-state index contributed by atoms with van der Waals surface area (Å²) in [5.41, 5.74) is 11.5. The number of hydrogen-bond acceptors (Lipinski definition) is 5. The summed E-state index contributed by atoms with van der Waals surface area (Å²) in [6.45, 7) is 0. The largest absolute Gasteiger partial charge is 0.457 e. The number of nitrogens with two attached hydrogens (primary N) is 2. The molecule has 4 amide bonds. The van der Waals surface area contributed by atoms with Gasteiger partial charge in [-0.1, -0.05) is 6.07 Å². The highest BCUT2D eigenvalue weighted by atomic mass is 19.1. The van der Waals surface area contributed by atoms with Crippen LogP contribution in [0.25, 0.3) is 11.3 Å². The number of pyridine rings is 1. The molecule has 1 atom stereocenters. The maximum absolute atomic E-state index is 13.0. The van der Waals surface area contributed by atoms with Crippen LogP contribution in [0.5, 0.6) is 11.5 Å². The van der Waals surface area contributed by atoms with Crippen molar-refractivity contribution >= 4 is 23.7 Å². The Labute approximate surface area is 182 Å². The molecule has 0 bridgehead atoms. The Kier molecular flexibility index (Phi) is 6.96. The third kappa shape index (κ3) is 6.26. The van der Waals surface area contributed by atoms with E-state index in [0.717, 1.165) is 5.56 Å². The van der Waals surface area contributed by atoms with Crippen LogP contribution in [-0.2, 0) is 9.59 Å². The summed E-state index contributed by atoms with van der Waals surface area (Å²) in [4.78, 5) is 38.8. The second kappa shape index (κ2) is 10.0. The van der Waals surface area contributed by atoms with E-state index in [9.17, 15) is 18.8 Å². The van der Waals surface area contributed by atoms with Gasteiger partial charge in [0.05, 0.1) is 12.1 Å². The van der Waals surface area contributed by atoms with Gasteiger partial charge in [-0.15, -0.1) is 0 Å². The van der Waals surface area contributed by atoms with Crippen molar-refractivity contribution in [2.24, 2.45) is 11.5 Å². The molecule has 10 heteroatoms. The number of anilines is 1. The standard InChI is InChI=1S/C22H20FN5O4/c23-14-6-10-16(11-7-14)32-15-8-4-13(5-9-15)17-2-1-3-20(26-17)28-22(31)27-18(21(25)30)12-19(24)29/h1-11,18H,12H2,(H2,24,29)(H2,25,30)(H2,26,27,28,31)/t18-/m0/s1. The zero-order valence-corrected chi connectivity index (χ0v) is 16.7. The minimum atomic E-state index is -1.23. The summed E-state index contributed by atoms with van der Waals surface area (Å²) in [7, 11) is 0. The molecule has 0 saturated carbocycles. The third-order valence-electron chi connectivity index (χ3n) is 4.24. The number of rotatable bonds is 8. The van der Waals surface area contributed by atoms with Crippen LogP contribution in [-0.4, -0.2) is 28.9 Å². The quantitative estimate of drug-likeness (QED) is 0.427. The summed E-state index contributed by atoms with van der Waals surface area (Å²) in [5, 5.41) is 4.77. The monoisotopic (exact) mass is 437 g/mol. The highest BCUT2D eigenvalue weighted by molar-refractivity contribution is 5.94. The van der Waals surface area contributed by atoms with Crippen LogP contribution in [0.3, 0.4) is 0 Å². The van der Waals surface area contributed by atoms with Crippen molar-refractivity contribution in [3.8, 4) is 22.8 Å². The van der Waals surface area contributed by atoms with Gasteiger partial charge in [0, 0.05) is 5.56 Å². The lowest BCUT2D eigenvalue weighted by molar-refractivity contribution is -0.124. The summed E-state index contributed by atoms with van der Waals surface area (Å²) in [6.07, 6.45) is -0.414. The van der Waals surface area contributed by atoms with Gasteiger partial charge < -0.3 is 21.5 Å². The van der Waals surface area contributed by atoms with Gasteiger partial charge >= 0.3 is 6.03 Å². The molecule has 1 aromatic heterocycles. The first kappa shape index (κ1) is 22.2. The number of hydrogen-bond donors (Lipinski definition) is 4. The van der Waals surface area contributed by atoms with Crippen molar-refractivity contribution in [2.75, 3.05) is 5.32 Å². The fraction of sp³-hybridized carbons (Fsp3) is 0.0909. The van der Waals surface area contributed by atoms with Crippen LogP contribution in [0.2, 0.25) is 0 Å². The lowest BCUT2D eigenvalue weighted by Crippen LogP contribution is -2.48. The van der Waals surface area contributed by atoms with Gasteiger partial charge in [0.1, 0.15) is 29.2 Å². The smallest absolute Gasteiger partial charge is 0.321 e. The molecule has 2 aromatic carbocycles. The summed E-state index contributed by atoms with van der Waals surface area (Å²) in [5.74, 6) is -0.737. The van der Waals surface area contributed by atoms with E-state index in [0.29, 0.717) is 17.2 Å². The van der Waals surface area contributed by atoms with Gasteiger partial charge in [-0.3, -0.25) is 14.9 Å². The maximum Gasteiger partial charge on any atom is 0.321 e. The molecule has 0 saturated heterocycles. The minimum absolute atomic E-state index is 0.217. The minimum Gasteiger partial charge on any atom is -0.457 e. The second-order valence-corrected chi connectivity index (χ2v) is 6.71. The van der Waals surface area contributed by atoms with E-state index in [4.69, 9.17) is 16.2 Å². The average Bonchev–Trinajstić information content (AvgIpc) is 2.75. The molecule has 3 rings (SSSR count). The Bertz CT molecular complexity index is 1120. The van der Waals surface area contributed by atoms with Gasteiger partial charge in [0.2, 0.25) is 11.8 Å². The van der Waals surface area contributed by atoms with Crippen LogP contribution in [0.4, 0.5) is 15.0 Å². The first-order valence-corrected chi connectivity index (χ1v) is 9.46. The molecule has 3 aromatic rings. The third-order valence-corrected chi connectivity index (χ3v) is 4.24. The molecular formula is C22H20FN5O4. The van der Waals surface area contributed by atoms with Crippen LogP contribution in [0, 0.1) is 5.82 Å². The van der Waals surface area contributed by atoms with Crippen molar-refractivity contribution in [1.29, 1.82) is 0 Å². The Morgan fingerprint density at radius 1 is 0.938 bits per heavy atom. The molecule has 0 unspecified atom stereocenters. The predicted octanol–water partition coefficient (Wildman–Crippen LogP) is 2.53. The number of halogens is 1. The highest BCUT2D eigenvalue weighted by Crippen LogP contribution is 2.25. The van der Waals surface area contributed by atoms with E-state index < -0.39 is 30.3 Å². The molecule has 164 valence electrons. The van der Waals surface area contributed by atoms with Gasteiger partial charge in [-0.2, -0.15) is 0 Å². The first-order chi connectivity index (χ1) is 15.3.